The molecule has 0 aliphatic heterocycles. The highest BCUT2D eigenvalue weighted by Gasteiger charge is 2.27. The first-order valence-electron chi connectivity index (χ1n) is 10.1. The number of rotatable bonds is 10. The van der Waals surface area contributed by atoms with Gasteiger partial charge >= 0.3 is 11.9 Å². The van der Waals surface area contributed by atoms with E-state index < -0.39 is 36.6 Å². The summed E-state index contributed by atoms with van der Waals surface area (Å²) in [5, 5.41) is 31.2. The number of ether oxygens (including phenoxy) is 1. The summed E-state index contributed by atoms with van der Waals surface area (Å²) in [7, 11) is 0. The number of hydrogen-bond acceptors (Lipinski definition) is 5. The van der Waals surface area contributed by atoms with Gasteiger partial charge in [-0.3, -0.25) is 4.79 Å². The molecule has 3 aromatic rings. The zero-order valence-electron chi connectivity index (χ0n) is 17.5. The Kier molecular flexibility index (Phi) is 7.77. The normalized spacial score (nSPS) is 12.4. The lowest BCUT2D eigenvalue weighted by molar-refractivity contribution is -0.148. The minimum Gasteiger partial charge on any atom is -0.484 e. The number of amides is 1. The molecule has 8 nitrogen and oxygen atoms in total. The van der Waals surface area contributed by atoms with E-state index in [1.165, 1.54) is 18.2 Å². The quantitative estimate of drug-likeness (QED) is 0.374. The van der Waals surface area contributed by atoms with Crippen molar-refractivity contribution in [3.8, 4) is 16.9 Å². The van der Waals surface area contributed by atoms with Crippen LogP contribution in [0.5, 0.6) is 5.75 Å². The van der Waals surface area contributed by atoms with Crippen LogP contribution in [0.15, 0.2) is 78.9 Å². The fourth-order valence-corrected chi connectivity index (χ4v) is 3.34. The fourth-order valence-electron chi connectivity index (χ4n) is 3.34. The average molecular weight is 449 g/mol. The van der Waals surface area contributed by atoms with E-state index in [1.807, 2.05) is 6.07 Å². The Bertz CT molecular complexity index is 1120. The molecular formula is C25H23NO7. The molecule has 0 spiro atoms. The third-order valence-corrected chi connectivity index (χ3v) is 4.96. The van der Waals surface area contributed by atoms with Crippen molar-refractivity contribution in [3.63, 3.8) is 0 Å². The molecule has 0 saturated heterocycles. The molecule has 0 heterocycles. The van der Waals surface area contributed by atoms with E-state index in [1.54, 1.807) is 54.6 Å². The highest BCUT2D eigenvalue weighted by Crippen LogP contribution is 2.28. The molecule has 0 radical (unpaired) electrons. The van der Waals surface area contributed by atoms with E-state index in [9.17, 15) is 29.7 Å². The molecule has 170 valence electrons. The van der Waals surface area contributed by atoms with Gasteiger partial charge in [-0.1, -0.05) is 60.7 Å². The third-order valence-electron chi connectivity index (χ3n) is 4.96. The Morgan fingerprint density at radius 1 is 0.879 bits per heavy atom. The maximum atomic E-state index is 12.4. The first-order valence-corrected chi connectivity index (χ1v) is 10.1. The summed E-state index contributed by atoms with van der Waals surface area (Å²) in [6.45, 7) is -0.446. The van der Waals surface area contributed by atoms with Crippen LogP contribution in [0.2, 0.25) is 0 Å². The molecule has 2 atom stereocenters. The van der Waals surface area contributed by atoms with Gasteiger partial charge < -0.3 is 25.4 Å². The van der Waals surface area contributed by atoms with Crippen LogP contribution in [0.4, 0.5) is 0 Å². The van der Waals surface area contributed by atoms with Crippen molar-refractivity contribution in [3.05, 3.63) is 90.0 Å². The van der Waals surface area contributed by atoms with Crippen LogP contribution < -0.4 is 10.1 Å². The molecule has 0 aliphatic rings. The van der Waals surface area contributed by atoms with Crippen molar-refractivity contribution in [2.24, 2.45) is 0 Å². The van der Waals surface area contributed by atoms with Crippen LogP contribution in [-0.4, -0.2) is 51.9 Å². The molecule has 0 fully saturated rings. The standard InChI is InChI=1S/C25H23NO7/c27-22(26-21(23(28)25(31)32)13-16-7-3-1-4-8-16)15-33-18-11-12-19(24(29)30)20(14-18)17-9-5-2-6-10-17/h1-12,14,21,23,28H,13,15H2,(H,26,27)(H,29,30)(H,31,32)/t21-,23-/m1/s1. The van der Waals surface area contributed by atoms with E-state index in [4.69, 9.17) is 4.74 Å². The lowest BCUT2D eigenvalue weighted by atomic mass is 9.99. The minimum atomic E-state index is -1.80. The Balaban J connectivity index is 1.71. The van der Waals surface area contributed by atoms with Crippen LogP contribution in [-0.2, 0) is 16.0 Å². The van der Waals surface area contributed by atoms with Crippen molar-refractivity contribution < 1.29 is 34.4 Å². The summed E-state index contributed by atoms with van der Waals surface area (Å²) in [6.07, 6.45) is -1.68. The number of aliphatic carboxylic acids is 1. The second-order valence-electron chi connectivity index (χ2n) is 7.31. The van der Waals surface area contributed by atoms with Crippen molar-refractivity contribution >= 4 is 17.8 Å². The summed E-state index contributed by atoms with van der Waals surface area (Å²) >= 11 is 0. The molecule has 0 aromatic heterocycles. The molecule has 33 heavy (non-hydrogen) atoms. The monoisotopic (exact) mass is 449 g/mol. The minimum absolute atomic E-state index is 0.0884. The number of carbonyl (C=O) groups excluding carboxylic acids is 1. The average Bonchev–Trinajstić information content (AvgIpc) is 2.82. The van der Waals surface area contributed by atoms with Gasteiger partial charge in [-0.25, -0.2) is 9.59 Å². The molecule has 0 bridgehead atoms. The number of carboxylic acids is 2. The molecule has 3 rings (SSSR count). The van der Waals surface area contributed by atoms with Gasteiger partial charge in [-0.05, 0) is 41.3 Å². The predicted molar refractivity (Wildman–Crippen MR) is 120 cm³/mol. The number of aliphatic hydroxyl groups is 1. The number of aliphatic hydroxyl groups excluding tert-OH is 1. The van der Waals surface area contributed by atoms with E-state index in [2.05, 4.69) is 5.32 Å². The fraction of sp³-hybridized carbons (Fsp3) is 0.160. The predicted octanol–water partition coefficient (Wildman–Crippen LogP) is 2.60. The largest absolute Gasteiger partial charge is 0.484 e. The number of benzene rings is 3. The van der Waals surface area contributed by atoms with Gasteiger partial charge in [0.25, 0.3) is 5.91 Å². The highest BCUT2D eigenvalue weighted by molar-refractivity contribution is 5.96. The van der Waals surface area contributed by atoms with Gasteiger partial charge in [-0.2, -0.15) is 0 Å². The number of carboxylic acid groups (broad SMARTS) is 2. The lowest BCUT2D eigenvalue weighted by Crippen LogP contribution is -2.49. The van der Waals surface area contributed by atoms with Crippen molar-refractivity contribution in [1.82, 2.24) is 5.32 Å². The smallest absolute Gasteiger partial charge is 0.336 e. The van der Waals surface area contributed by atoms with Gasteiger partial charge in [0.1, 0.15) is 5.75 Å². The molecular weight excluding hydrogens is 426 g/mol. The van der Waals surface area contributed by atoms with Gasteiger partial charge in [0.15, 0.2) is 12.7 Å². The molecule has 8 heteroatoms. The Morgan fingerprint density at radius 3 is 2.12 bits per heavy atom. The van der Waals surface area contributed by atoms with E-state index in [-0.39, 0.29) is 17.7 Å². The van der Waals surface area contributed by atoms with Crippen molar-refractivity contribution in [2.45, 2.75) is 18.6 Å². The van der Waals surface area contributed by atoms with Gasteiger partial charge in [0, 0.05) is 0 Å². The maximum absolute atomic E-state index is 12.4. The summed E-state index contributed by atoms with van der Waals surface area (Å²) in [6, 6.07) is 21.1. The summed E-state index contributed by atoms with van der Waals surface area (Å²) in [4.78, 5) is 35.3. The van der Waals surface area contributed by atoms with Crippen molar-refractivity contribution in [1.29, 1.82) is 0 Å². The first kappa shape index (κ1) is 23.5. The Hall–Kier alpha value is -4.17. The van der Waals surface area contributed by atoms with Crippen LogP contribution in [0, 0.1) is 0 Å². The molecule has 4 N–H and O–H groups in total. The summed E-state index contributed by atoms with van der Waals surface area (Å²) in [5.41, 5.74) is 1.95. The molecule has 0 saturated carbocycles. The Labute approximate surface area is 190 Å². The van der Waals surface area contributed by atoms with E-state index in [0.717, 1.165) is 5.56 Å². The SMILES string of the molecule is O=C(COc1ccc(C(=O)O)c(-c2ccccc2)c1)N[C@H](Cc1ccccc1)[C@@H](O)C(=O)O. The van der Waals surface area contributed by atoms with Crippen LogP contribution in [0.3, 0.4) is 0 Å². The maximum Gasteiger partial charge on any atom is 0.336 e. The zero-order valence-corrected chi connectivity index (χ0v) is 17.5. The second-order valence-corrected chi connectivity index (χ2v) is 7.31. The summed E-state index contributed by atoms with van der Waals surface area (Å²) in [5.74, 6) is -2.90. The molecule has 3 aromatic carbocycles. The highest BCUT2D eigenvalue weighted by atomic mass is 16.5. The topological polar surface area (TPSA) is 133 Å². The van der Waals surface area contributed by atoms with E-state index >= 15 is 0 Å². The zero-order chi connectivity index (χ0) is 23.8. The van der Waals surface area contributed by atoms with Crippen LogP contribution in [0.25, 0.3) is 11.1 Å². The van der Waals surface area contributed by atoms with Gasteiger partial charge in [0.2, 0.25) is 0 Å². The lowest BCUT2D eigenvalue weighted by Gasteiger charge is -2.22. The van der Waals surface area contributed by atoms with Crippen molar-refractivity contribution in [2.75, 3.05) is 6.61 Å². The number of hydrogen-bond donors (Lipinski definition) is 4. The van der Waals surface area contributed by atoms with Crippen LogP contribution >= 0.6 is 0 Å². The summed E-state index contributed by atoms with van der Waals surface area (Å²) < 4.78 is 5.52. The molecule has 1 amide bonds. The number of aromatic carboxylic acids is 1. The van der Waals surface area contributed by atoms with Crippen LogP contribution in [0.1, 0.15) is 15.9 Å². The van der Waals surface area contributed by atoms with Gasteiger partial charge in [0.05, 0.1) is 11.6 Å². The molecule has 0 aliphatic carbocycles. The first-order chi connectivity index (χ1) is 15.8. The third kappa shape index (κ3) is 6.41. The van der Waals surface area contributed by atoms with Gasteiger partial charge in [-0.15, -0.1) is 0 Å². The number of carbonyl (C=O) groups is 3. The Morgan fingerprint density at radius 2 is 1.52 bits per heavy atom. The number of nitrogens with one attached hydrogen (secondary N) is 1. The molecule has 0 unspecified atom stereocenters. The second kappa shape index (κ2) is 10.9. The van der Waals surface area contributed by atoms with E-state index in [0.29, 0.717) is 11.1 Å².